The van der Waals surface area contributed by atoms with Gasteiger partial charge in [-0.1, -0.05) is 35.3 Å². The molecular weight excluding hydrogens is 681 g/mol. The molecule has 2 heterocycles. The summed E-state index contributed by atoms with van der Waals surface area (Å²) in [5, 5.41) is 3.23. The Balaban J connectivity index is 0.00000506. The SMILES string of the molecule is CC(=O)N(C)c1ccc(/C=C/C(=O)NCC(=O)N(C)c2ccc(Cl)c(COc3cccn4c(Br)c(C)nc34)c2Cl)cc1.Cl. The largest absolute Gasteiger partial charge is 0.485 e. The number of hydrogen-bond donors (Lipinski definition) is 1. The Hall–Kier alpha value is -3.57. The highest BCUT2D eigenvalue weighted by molar-refractivity contribution is 9.10. The van der Waals surface area contributed by atoms with Gasteiger partial charge in [0.1, 0.15) is 11.2 Å². The van der Waals surface area contributed by atoms with Gasteiger partial charge in [0.25, 0.3) is 0 Å². The number of aryl methyl sites for hydroxylation is 1. The van der Waals surface area contributed by atoms with Crippen LogP contribution in [-0.4, -0.2) is 47.7 Å². The zero-order valence-electron chi connectivity index (χ0n) is 23.7. The van der Waals surface area contributed by atoms with Gasteiger partial charge < -0.3 is 19.9 Å². The smallest absolute Gasteiger partial charge is 0.246 e. The molecule has 0 atom stereocenters. The average molecular weight is 710 g/mol. The van der Waals surface area contributed by atoms with Crippen LogP contribution in [0.3, 0.4) is 0 Å². The average Bonchev–Trinajstić information content (AvgIpc) is 3.27. The predicted molar refractivity (Wildman–Crippen MR) is 177 cm³/mol. The quantitative estimate of drug-likeness (QED) is 0.201. The zero-order chi connectivity index (χ0) is 30.6. The monoisotopic (exact) mass is 707 g/mol. The minimum atomic E-state index is -0.437. The number of carbonyl (C=O) groups is 3. The molecule has 0 aliphatic heterocycles. The number of halogens is 4. The molecule has 0 radical (unpaired) electrons. The third kappa shape index (κ3) is 7.88. The minimum Gasteiger partial charge on any atom is -0.485 e. The van der Waals surface area contributed by atoms with E-state index < -0.39 is 5.91 Å². The minimum absolute atomic E-state index is 0. The van der Waals surface area contributed by atoms with Crippen LogP contribution in [0.25, 0.3) is 11.7 Å². The Morgan fingerprint density at radius 2 is 1.77 bits per heavy atom. The fourth-order valence-electron chi connectivity index (χ4n) is 4.00. The first kappa shape index (κ1) is 33.9. The topological polar surface area (TPSA) is 96.2 Å². The summed E-state index contributed by atoms with van der Waals surface area (Å²) in [6.07, 6.45) is 4.82. The van der Waals surface area contributed by atoms with Crippen molar-refractivity contribution in [2.24, 2.45) is 0 Å². The van der Waals surface area contributed by atoms with Crippen LogP contribution >= 0.6 is 51.5 Å². The maximum Gasteiger partial charge on any atom is 0.246 e. The molecule has 0 aliphatic carbocycles. The highest BCUT2D eigenvalue weighted by Gasteiger charge is 2.20. The predicted octanol–water partition coefficient (Wildman–Crippen LogP) is 6.49. The van der Waals surface area contributed by atoms with Crippen LogP contribution in [0.15, 0.2) is 65.4 Å². The van der Waals surface area contributed by atoms with Crippen LogP contribution in [-0.2, 0) is 21.0 Å². The summed E-state index contributed by atoms with van der Waals surface area (Å²) in [4.78, 5) is 44.2. The maximum atomic E-state index is 12.9. The van der Waals surface area contributed by atoms with E-state index in [0.29, 0.717) is 27.7 Å². The van der Waals surface area contributed by atoms with Crippen molar-refractivity contribution >= 4 is 92.4 Å². The van der Waals surface area contributed by atoms with Crippen LogP contribution in [0.4, 0.5) is 11.4 Å². The number of amides is 3. The second-order valence-electron chi connectivity index (χ2n) is 9.38. The van der Waals surface area contributed by atoms with Gasteiger partial charge in [0.05, 0.1) is 22.9 Å². The van der Waals surface area contributed by atoms with Crippen molar-refractivity contribution in [3.05, 3.63) is 92.3 Å². The highest BCUT2D eigenvalue weighted by atomic mass is 79.9. The number of nitrogens with one attached hydrogen (secondary N) is 1. The Labute approximate surface area is 274 Å². The molecule has 3 amide bonds. The van der Waals surface area contributed by atoms with Crippen molar-refractivity contribution in [1.29, 1.82) is 0 Å². The van der Waals surface area contributed by atoms with Crippen LogP contribution in [0.1, 0.15) is 23.7 Å². The number of fused-ring (bicyclic) bond motifs is 1. The number of nitrogens with zero attached hydrogens (tertiary/aromatic N) is 4. The van der Waals surface area contributed by atoms with Crippen molar-refractivity contribution in [3.63, 3.8) is 0 Å². The number of benzene rings is 2. The van der Waals surface area contributed by atoms with E-state index in [9.17, 15) is 14.4 Å². The van der Waals surface area contributed by atoms with E-state index in [1.165, 1.54) is 22.8 Å². The van der Waals surface area contributed by atoms with Gasteiger partial charge in [-0.15, -0.1) is 12.4 Å². The highest BCUT2D eigenvalue weighted by Crippen LogP contribution is 2.35. The lowest BCUT2D eigenvalue weighted by atomic mass is 10.2. The van der Waals surface area contributed by atoms with Gasteiger partial charge >= 0.3 is 0 Å². The Kier molecular flexibility index (Phi) is 11.6. The van der Waals surface area contributed by atoms with Gasteiger partial charge in [-0.3, -0.25) is 18.8 Å². The molecule has 0 spiro atoms. The van der Waals surface area contributed by atoms with Crippen molar-refractivity contribution in [3.8, 4) is 5.75 Å². The Morgan fingerprint density at radius 3 is 2.44 bits per heavy atom. The zero-order valence-corrected chi connectivity index (χ0v) is 27.6. The maximum absolute atomic E-state index is 12.9. The fraction of sp³-hybridized carbons (Fsp3) is 0.200. The molecule has 0 bridgehead atoms. The molecule has 0 saturated heterocycles. The van der Waals surface area contributed by atoms with E-state index in [2.05, 4.69) is 26.2 Å². The lowest BCUT2D eigenvalue weighted by Gasteiger charge is -2.21. The van der Waals surface area contributed by atoms with Crippen molar-refractivity contribution < 1.29 is 19.1 Å². The van der Waals surface area contributed by atoms with Crippen LogP contribution < -0.4 is 19.9 Å². The number of likely N-dealkylation sites (N-methyl/N-ethyl adjacent to an activating group) is 1. The molecule has 4 aromatic rings. The summed E-state index contributed by atoms with van der Waals surface area (Å²) in [5.74, 6) is -0.355. The summed E-state index contributed by atoms with van der Waals surface area (Å²) in [5.41, 5.74) is 3.89. The fourth-order valence-corrected chi connectivity index (χ4v) is 4.98. The van der Waals surface area contributed by atoms with E-state index in [4.69, 9.17) is 27.9 Å². The molecule has 43 heavy (non-hydrogen) atoms. The Bertz CT molecular complexity index is 1690. The molecule has 2 aromatic carbocycles. The summed E-state index contributed by atoms with van der Waals surface area (Å²) in [7, 11) is 3.25. The molecule has 0 saturated carbocycles. The number of aromatic nitrogens is 2. The van der Waals surface area contributed by atoms with E-state index in [-0.39, 0.29) is 42.4 Å². The lowest BCUT2D eigenvalue weighted by molar-refractivity contribution is -0.122. The van der Waals surface area contributed by atoms with Gasteiger partial charge in [-0.2, -0.15) is 0 Å². The van der Waals surface area contributed by atoms with E-state index >= 15 is 0 Å². The third-order valence-electron chi connectivity index (χ3n) is 6.58. The summed E-state index contributed by atoms with van der Waals surface area (Å²) >= 11 is 16.7. The molecule has 226 valence electrons. The van der Waals surface area contributed by atoms with Gasteiger partial charge in [0.15, 0.2) is 11.4 Å². The van der Waals surface area contributed by atoms with E-state index in [1.807, 2.05) is 23.6 Å². The molecule has 4 rings (SSSR count). The van der Waals surface area contributed by atoms with Crippen molar-refractivity contribution in [2.75, 3.05) is 30.4 Å². The normalized spacial score (nSPS) is 10.9. The number of anilines is 2. The number of pyridine rings is 1. The van der Waals surface area contributed by atoms with E-state index in [1.54, 1.807) is 62.6 Å². The van der Waals surface area contributed by atoms with Gasteiger partial charge in [-0.05, 0) is 70.9 Å². The molecule has 2 aromatic heterocycles. The number of carbonyl (C=O) groups excluding carboxylic acids is 3. The molecule has 9 nitrogen and oxygen atoms in total. The molecular formula is C30H29BrCl3N5O4. The van der Waals surface area contributed by atoms with Gasteiger partial charge in [0, 0.05) is 49.6 Å². The molecule has 0 unspecified atom stereocenters. The first-order chi connectivity index (χ1) is 20.0. The lowest BCUT2D eigenvalue weighted by Crippen LogP contribution is -2.37. The molecule has 13 heteroatoms. The standard InChI is InChI=1S/C30H28BrCl2N5O4.ClH/c1-18-29(31)38-15-5-6-25(30(38)35-18)42-17-22-23(32)12-13-24(28(22)33)37(4)27(41)16-34-26(40)14-9-20-7-10-21(11-8-20)36(3)19(2)39;/h5-15H,16-17H2,1-4H3,(H,34,40);1H/b14-9+;. The first-order valence-electron chi connectivity index (χ1n) is 12.8. The van der Waals surface area contributed by atoms with Crippen LogP contribution in [0.5, 0.6) is 5.75 Å². The summed E-state index contributed by atoms with van der Waals surface area (Å²) in [6, 6.07) is 14.1. The Morgan fingerprint density at radius 1 is 1.07 bits per heavy atom. The summed E-state index contributed by atoms with van der Waals surface area (Å²) in [6.45, 7) is 3.17. The molecule has 0 aliphatic rings. The van der Waals surface area contributed by atoms with Crippen LogP contribution in [0.2, 0.25) is 10.0 Å². The number of rotatable bonds is 9. The first-order valence-corrected chi connectivity index (χ1v) is 14.3. The van der Waals surface area contributed by atoms with E-state index in [0.717, 1.165) is 21.5 Å². The van der Waals surface area contributed by atoms with Gasteiger partial charge in [-0.25, -0.2) is 4.98 Å². The second-order valence-corrected chi connectivity index (χ2v) is 10.9. The number of hydrogen-bond acceptors (Lipinski definition) is 5. The number of imidazole rings is 1. The second kappa shape index (κ2) is 14.7. The summed E-state index contributed by atoms with van der Waals surface area (Å²) < 4.78 is 8.74. The van der Waals surface area contributed by atoms with Crippen LogP contribution in [0, 0.1) is 6.92 Å². The van der Waals surface area contributed by atoms with Gasteiger partial charge in [0.2, 0.25) is 17.7 Å². The van der Waals surface area contributed by atoms with Crippen molar-refractivity contribution in [1.82, 2.24) is 14.7 Å². The van der Waals surface area contributed by atoms with Crippen molar-refractivity contribution in [2.45, 2.75) is 20.5 Å². The molecule has 1 N–H and O–H groups in total. The number of ether oxygens (including phenoxy) is 1. The molecule has 0 fully saturated rings. The third-order valence-corrected chi connectivity index (χ3v) is 8.31.